The topological polar surface area (TPSA) is 47.6 Å². The van der Waals surface area contributed by atoms with Crippen LogP contribution < -0.4 is 5.32 Å². The van der Waals surface area contributed by atoms with Crippen LogP contribution in [0.15, 0.2) is 11.6 Å². The van der Waals surface area contributed by atoms with Crippen molar-refractivity contribution < 1.29 is 15.7 Å². The summed E-state index contributed by atoms with van der Waals surface area (Å²) in [4.78, 5) is 11.4. The van der Waals surface area contributed by atoms with Gasteiger partial charge in [-0.05, 0) is 13.8 Å². The number of esters is 1. The second kappa shape index (κ2) is 5.78. The van der Waals surface area contributed by atoms with E-state index in [2.05, 4.69) is 5.32 Å². The van der Waals surface area contributed by atoms with Crippen molar-refractivity contribution in [2.24, 2.45) is 0 Å². The van der Waals surface area contributed by atoms with Gasteiger partial charge in [0.25, 0.3) is 0 Å². The van der Waals surface area contributed by atoms with Crippen molar-refractivity contribution in [3.8, 4) is 0 Å². The standard InChI is InChI=1S/C10H17NO3.H2/c1-3-13-7-9-8(5-6-11-9)10(12)14-4-2;/h5,9,11H,3-4,6-7H2,1-2H3;1H/t9-;/m0./s1. The lowest BCUT2D eigenvalue weighted by atomic mass is 10.1. The van der Waals surface area contributed by atoms with Gasteiger partial charge in [-0.3, -0.25) is 0 Å². The quantitative estimate of drug-likeness (QED) is 0.666. The highest BCUT2D eigenvalue weighted by Gasteiger charge is 2.25. The van der Waals surface area contributed by atoms with Gasteiger partial charge in [-0.2, -0.15) is 0 Å². The van der Waals surface area contributed by atoms with Crippen molar-refractivity contribution in [3.05, 3.63) is 11.6 Å². The van der Waals surface area contributed by atoms with Crippen LogP contribution in [-0.4, -0.2) is 38.4 Å². The molecule has 0 saturated heterocycles. The second-order valence-corrected chi connectivity index (χ2v) is 3.00. The number of hydrogen-bond donors (Lipinski definition) is 1. The van der Waals surface area contributed by atoms with Gasteiger partial charge in [0, 0.05) is 14.6 Å². The Balaban J connectivity index is 0.00000196. The van der Waals surface area contributed by atoms with E-state index in [-0.39, 0.29) is 13.4 Å². The van der Waals surface area contributed by atoms with Crippen LogP contribution in [0.4, 0.5) is 0 Å². The molecule has 0 amide bonds. The molecule has 0 spiro atoms. The molecule has 4 nitrogen and oxygen atoms in total. The van der Waals surface area contributed by atoms with Crippen LogP contribution in [0.3, 0.4) is 0 Å². The lowest BCUT2D eigenvalue weighted by Gasteiger charge is -2.14. The summed E-state index contributed by atoms with van der Waals surface area (Å²) in [5.74, 6) is -0.234. The zero-order valence-electron chi connectivity index (χ0n) is 8.71. The van der Waals surface area contributed by atoms with Gasteiger partial charge in [-0.15, -0.1) is 0 Å². The first-order valence-corrected chi connectivity index (χ1v) is 4.97. The Morgan fingerprint density at radius 2 is 2.43 bits per heavy atom. The summed E-state index contributed by atoms with van der Waals surface area (Å²) in [5, 5.41) is 3.16. The Labute approximate surface area is 85.8 Å². The molecule has 0 aromatic heterocycles. The van der Waals surface area contributed by atoms with E-state index in [4.69, 9.17) is 9.47 Å². The summed E-state index contributed by atoms with van der Waals surface area (Å²) in [7, 11) is 0. The Hall–Kier alpha value is -0.870. The van der Waals surface area contributed by atoms with Gasteiger partial charge in [0.1, 0.15) is 0 Å². The zero-order valence-corrected chi connectivity index (χ0v) is 8.71. The van der Waals surface area contributed by atoms with Crippen molar-refractivity contribution >= 4 is 5.97 Å². The second-order valence-electron chi connectivity index (χ2n) is 3.00. The van der Waals surface area contributed by atoms with Crippen LogP contribution in [0.25, 0.3) is 0 Å². The number of carbonyl (C=O) groups is 1. The van der Waals surface area contributed by atoms with Crippen molar-refractivity contribution in [3.63, 3.8) is 0 Å². The minimum absolute atomic E-state index is 0. The summed E-state index contributed by atoms with van der Waals surface area (Å²) in [6, 6.07) is -0.00556. The Morgan fingerprint density at radius 3 is 3.07 bits per heavy atom. The molecular weight excluding hydrogens is 182 g/mol. The minimum Gasteiger partial charge on any atom is -0.463 e. The van der Waals surface area contributed by atoms with E-state index in [1.165, 1.54) is 0 Å². The first-order valence-electron chi connectivity index (χ1n) is 4.97. The fourth-order valence-electron chi connectivity index (χ4n) is 1.39. The van der Waals surface area contributed by atoms with E-state index in [0.29, 0.717) is 31.9 Å². The molecule has 0 bridgehead atoms. The van der Waals surface area contributed by atoms with Crippen molar-refractivity contribution in [2.45, 2.75) is 19.9 Å². The monoisotopic (exact) mass is 201 g/mol. The average molecular weight is 201 g/mol. The number of rotatable bonds is 5. The highest BCUT2D eigenvalue weighted by Crippen LogP contribution is 2.11. The van der Waals surface area contributed by atoms with Crippen molar-refractivity contribution in [1.82, 2.24) is 5.32 Å². The molecule has 0 aromatic rings. The van der Waals surface area contributed by atoms with Crippen LogP contribution in [0, 0.1) is 0 Å². The summed E-state index contributed by atoms with van der Waals surface area (Å²) in [5.41, 5.74) is 0.695. The summed E-state index contributed by atoms with van der Waals surface area (Å²) >= 11 is 0. The first kappa shape index (κ1) is 11.2. The van der Waals surface area contributed by atoms with E-state index in [1.807, 2.05) is 13.0 Å². The van der Waals surface area contributed by atoms with Gasteiger partial charge in [0.05, 0.1) is 24.8 Å². The maximum absolute atomic E-state index is 11.4. The lowest BCUT2D eigenvalue weighted by Crippen LogP contribution is -2.33. The van der Waals surface area contributed by atoms with Crippen molar-refractivity contribution in [2.75, 3.05) is 26.4 Å². The van der Waals surface area contributed by atoms with Gasteiger partial charge >= 0.3 is 5.97 Å². The van der Waals surface area contributed by atoms with Gasteiger partial charge in [-0.1, -0.05) is 6.08 Å². The molecule has 14 heavy (non-hydrogen) atoms. The van der Waals surface area contributed by atoms with E-state index >= 15 is 0 Å². The molecule has 82 valence electrons. The van der Waals surface area contributed by atoms with Crippen LogP contribution >= 0.6 is 0 Å². The smallest absolute Gasteiger partial charge is 0.335 e. The Kier molecular flexibility index (Phi) is 4.62. The molecule has 0 radical (unpaired) electrons. The largest absolute Gasteiger partial charge is 0.463 e. The SMILES string of the molecule is CCOC[C@@H]1NCC=C1C(=O)OCC.[HH]. The normalized spacial score (nSPS) is 20.7. The summed E-state index contributed by atoms with van der Waals surface area (Å²) < 4.78 is 10.2. The molecule has 4 heteroatoms. The third-order valence-electron chi connectivity index (χ3n) is 2.06. The molecule has 1 aliphatic heterocycles. The number of hydrogen-bond acceptors (Lipinski definition) is 4. The van der Waals surface area contributed by atoms with Gasteiger partial charge in [-0.25, -0.2) is 4.79 Å². The van der Waals surface area contributed by atoms with Gasteiger partial charge in [0.2, 0.25) is 0 Å². The van der Waals surface area contributed by atoms with Crippen LogP contribution in [0.5, 0.6) is 0 Å². The molecule has 0 aromatic carbocycles. The first-order chi connectivity index (χ1) is 6.79. The van der Waals surface area contributed by atoms with E-state index in [9.17, 15) is 4.79 Å². The van der Waals surface area contributed by atoms with Crippen molar-refractivity contribution in [1.29, 1.82) is 0 Å². The number of carbonyl (C=O) groups excluding carboxylic acids is 1. The average Bonchev–Trinajstić information content (AvgIpc) is 2.63. The fourth-order valence-corrected chi connectivity index (χ4v) is 1.39. The van der Waals surface area contributed by atoms with Crippen LogP contribution in [0.2, 0.25) is 0 Å². The molecule has 1 aliphatic rings. The van der Waals surface area contributed by atoms with Crippen LogP contribution in [-0.2, 0) is 14.3 Å². The maximum atomic E-state index is 11.4. The molecule has 0 fully saturated rings. The molecule has 1 heterocycles. The maximum Gasteiger partial charge on any atom is 0.335 e. The zero-order chi connectivity index (χ0) is 10.4. The third-order valence-corrected chi connectivity index (χ3v) is 2.06. The van der Waals surface area contributed by atoms with Crippen LogP contribution in [0.1, 0.15) is 15.3 Å². The molecule has 0 saturated carbocycles. The number of nitrogens with one attached hydrogen (secondary N) is 1. The Morgan fingerprint density at radius 1 is 1.64 bits per heavy atom. The molecule has 1 rings (SSSR count). The number of ether oxygens (including phenoxy) is 2. The molecule has 1 atom stereocenters. The predicted molar refractivity (Wildman–Crippen MR) is 55.1 cm³/mol. The minimum atomic E-state index is -0.234. The molecular formula is C10H19NO3. The highest BCUT2D eigenvalue weighted by atomic mass is 16.5. The van der Waals surface area contributed by atoms with Gasteiger partial charge < -0.3 is 14.8 Å². The van der Waals surface area contributed by atoms with Gasteiger partial charge in [0.15, 0.2) is 0 Å². The lowest BCUT2D eigenvalue weighted by molar-refractivity contribution is -0.138. The molecule has 0 aliphatic carbocycles. The van der Waals surface area contributed by atoms with E-state index in [0.717, 1.165) is 0 Å². The fraction of sp³-hybridized carbons (Fsp3) is 0.700. The van der Waals surface area contributed by atoms with E-state index in [1.54, 1.807) is 6.92 Å². The predicted octanol–water partition coefficient (Wildman–Crippen LogP) is 0.730. The van der Waals surface area contributed by atoms with E-state index < -0.39 is 0 Å². The summed E-state index contributed by atoms with van der Waals surface area (Å²) in [6.07, 6.45) is 1.86. The summed E-state index contributed by atoms with van der Waals surface area (Å²) in [6.45, 7) is 6.06. The molecule has 1 N–H and O–H groups in total. The highest BCUT2D eigenvalue weighted by molar-refractivity contribution is 5.90. The Bertz CT molecular complexity index is 231. The molecule has 0 unspecified atom stereocenters. The third kappa shape index (κ3) is 2.82.